The number of hydrogen-bond donors (Lipinski definition) is 2. The summed E-state index contributed by atoms with van der Waals surface area (Å²) in [5.41, 5.74) is 7.71. The van der Waals surface area contributed by atoms with Gasteiger partial charge in [-0.2, -0.15) is 0 Å². The fourth-order valence-electron chi connectivity index (χ4n) is 1.55. The number of benzene rings is 1. The maximum Gasteiger partial charge on any atom is 0.145 e. The molecule has 0 fully saturated rings. The number of pyridine rings is 1. The van der Waals surface area contributed by atoms with E-state index in [4.69, 9.17) is 10.5 Å². The van der Waals surface area contributed by atoms with Gasteiger partial charge in [0.2, 0.25) is 0 Å². The maximum absolute atomic E-state index is 13.1. The molecule has 1 aromatic carbocycles. The van der Waals surface area contributed by atoms with Gasteiger partial charge in [-0.25, -0.2) is 9.37 Å². The molecule has 0 unspecified atom stereocenters. The number of hydrogen-bond acceptors (Lipinski definition) is 4. The molecular formula is C13H14FN3O. The summed E-state index contributed by atoms with van der Waals surface area (Å²) in [6, 6.07) is 7.79. The van der Waals surface area contributed by atoms with Crippen molar-refractivity contribution < 1.29 is 9.13 Å². The molecule has 5 heteroatoms. The van der Waals surface area contributed by atoms with Crippen LogP contribution in [0.4, 0.5) is 21.6 Å². The van der Waals surface area contributed by atoms with E-state index in [-0.39, 0.29) is 5.82 Å². The number of ether oxygens (including phenoxy) is 1. The molecular weight excluding hydrogens is 233 g/mol. The standard InChI is InChI=1S/C13H14FN3O/c1-8-10(15)4-6-13(16-8)17-11-5-3-9(14)7-12(11)18-2/h3-7H,15H2,1-2H3,(H,16,17). The van der Waals surface area contributed by atoms with E-state index in [2.05, 4.69) is 10.3 Å². The van der Waals surface area contributed by atoms with Crippen LogP contribution in [0.2, 0.25) is 0 Å². The number of nitrogens with two attached hydrogens (primary N) is 1. The van der Waals surface area contributed by atoms with Crippen molar-refractivity contribution in [3.05, 3.63) is 41.8 Å². The second-order valence-electron chi connectivity index (χ2n) is 3.84. The number of aromatic nitrogens is 1. The van der Waals surface area contributed by atoms with E-state index in [0.717, 1.165) is 5.69 Å². The lowest BCUT2D eigenvalue weighted by Crippen LogP contribution is -2.00. The third kappa shape index (κ3) is 2.51. The first-order chi connectivity index (χ1) is 8.60. The van der Waals surface area contributed by atoms with Gasteiger partial charge in [-0.3, -0.25) is 0 Å². The van der Waals surface area contributed by atoms with Crippen LogP contribution in [0, 0.1) is 12.7 Å². The third-order valence-electron chi connectivity index (χ3n) is 2.55. The molecule has 0 bridgehead atoms. The highest BCUT2D eigenvalue weighted by Gasteiger charge is 2.06. The fourth-order valence-corrected chi connectivity index (χ4v) is 1.55. The Hall–Kier alpha value is -2.30. The Morgan fingerprint density at radius 3 is 2.72 bits per heavy atom. The van der Waals surface area contributed by atoms with Crippen molar-refractivity contribution >= 4 is 17.2 Å². The van der Waals surface area contributed by atoms with Crippen molar-refractivity contribution in [3.8, 4) is 5.75 Å². The van der Waals surface area contributed by atoms with Gasteiger partial charge in [-0.15, -0.1) is 0 Å². The van der Waals surface area contributed by atoms with Gasteiger partial charge in [0.15, 0.2) is 0 Å². The molecule has 0 aliphatic carbocycles. The van der Waals surface area contributed by atoms with Gasteiger partial charge in [-0.05, 0) is 31.2 Å². The van der Waals surface area contributed by atoms with Gasteiger partial charge in [-0.1, -0.05) is 0 Å². The Bertz CT molecular complexity index is 572. The number of methoxy groups -OCH3 is 1. The van der Waals surface area contributed by atoms with Crippen molar-refractivity contribution in [3.63, 3.8) is 0 Å². The van der Waals surface area contributed by atoms with Crippen LogP contribution in [0.5, 0.6) is 5.75 Å². The lowest BCUT2D eigenvalue weighted by atomic mass is 10.2. The van der Waals surface area contributed by atoms with Gasteiger partial charge in [0.25, 0.3) is 0 Å². The molecule has 0 atom stereocenters. The van der Waals surface area contributed by atoms with Crippen molar-refractivity contribution in [2.75, 3.05) is 18.2 Å². The Balaban J connectivity index is 2.30. The lowest BCUT2D eigenvalue weighted by molar-refractivity contribution is 0.413. The maximum atomic E-state index is 13.1. The highest BCUT2D eigenvalue weighted by Crippen LogP contribution is 2.28. The van der Waals surface area contributed by atoms with Crippen LogP contribution in [0.3, 0.4) is 0 Å². The quantitative estimate of drug-likeness (QED) is 0.875. The molecule has 0 radical (unpaired) electrons. The molecule has 1 aromatic heterocycles. The van der Waals surface area contributed by atoms with Gasteiger partial charge in [0.05, 0.1) is 24.2 Å². The molecule has 0 aliphatic rings. The number of halogens is 1. The largest absolute Gasteiger partial charge is 0.494 e. The first-order valence-corrected chi connectivity index (χ1v) is 5.44. The molecule has 18 heavy (non-hydrogen) atoms. The highest BCUT2D eigenvalue weighted by atomic mass is 19.1. The summed E-state index contributed by atoms with van der Waals surface area (Å²) in [7, 11) is 1.49. The summed E-state index contributed by atoms with van der Waals surface area (Å²) in [4.78, 5) is 4.28. The SMILES string of the molecule is COc1cc(F)ccc1Nc1ccc(N)c(C)n1. The summed E-state index contributed by atoms with van der Waals surface area (Å²) in [5, 5.41) is 3.06. The van der Waals surface area contributed by atoms with Crippen LogP contribution in [0.15, 0.2) is 30.3 Å². The van der Waals surface area contributed by atoms with Gasteiger partial charge in [0, 0.05) is 6.07 Å². The van der Waals surface area contributed by atoms with Crippen LogP contribution in [0.25, 0.3) is 0 Å². The molecule has 3 N–H and O–H groups in total. The highest BCUT2D eigenvalue weighted by molar-refractivity contribution is 5.65. The summed E-state index contributed by atoms with van der Waals surface area (Å²) in [6.07, 6.45) is 0. The number of anilines is 3. The summed E-state index contributed by atoms with van der Waals surface area (Å²) >= 11 is 0. The number of aryl methyl sites for hydroxylation is 1. The number of nitrogen functional groups attached to an aromatic ring is 1. The fraction of sp³-hybridized carbons (Fsp3) is 0.154. The minimum Gasteiger partial charge on any atom is -0.494 e. The lowest BCUT2D eigenvalue weighted by Gasteiger charge is -2.11. The van der Waals surface area contributed by atoms with Crippen molar-refractivity contribution in [1.82, 2.24) is 4.98 Å². The third-order valence-corrected chi connectivity index (χ3v) is 2.55. The Labute approximate surface area is 105 Å². The topological polar surface area (TPSA) is 60.2 Å². The molecule has 0 saturated heterocycles. The molecule has 0 aliphatic heterocycles. The van der Waals surface area contributed by atoms with Gasteiger partial charge >= 0.3 is 0 Å². The van der Waals surface area contributed by atoms with Crippen molar-refractivity contribution in [1.29, 1.82) is 0 Å². The van der Waals surface area contributed by atoms with Crippen molar-refractivity contribution in [2.45, 2.75) is 6.92 Å². The predicted octanol–water partition coefficient (Wildman–Crippen LogP) is 2.86. The Morgan fingerprint density at radius 2 is 2.06 bits per heavy atom. The Morgan fingerprint density at radius 1 is 1.28 bits per heavy atom. The molecule has 2 aromatic rings. The van der Waals surface area contributed by atoms with Crippen LogP contribution in [-0.4, -0.2) is 12.1 Å². The smallest absolute Gasteiger partial charge is 0.145 e. The van der Waals surface area contributed by atoms with E-state index >= 15 is 0 Å². The average Bonchev–Trinajstić information content (AvgIpc) is 2.36. The molecule has 0 saturated carbocycles. The van der Waals surface area contributed by atoms with Crippen LogP contribution in [-0.2, 0) is 0 Å². The van der Waals surface area contributed by atoms with Gasteiger partial charge in [0.1, 0.15) is 17.4 Å². The second kappa shape index (κ2) is 4.91. The molecule has 94 valence electrons. The van der Waals surface area contributed by atoms with Crippen LogP contribution >= 0.6 is 0 Å². The first-order valence-electron chi connectivity index (χ1n) is 5.44. The monoisotopic (exact) mass is 247 g/mol. The number of rotatable bonds is 3. The zero-order valence-corrected chi connectivity index (χ0v) is 10.2. The predicted molar refractivity (Wildman–Crippen MR) is 69.6 cm³/mol. The Kier molecular flexibility index (Phi) is 3.32. The normalized spacial score (nSPS) is 10.2. The van der Waals surface area contributed by atoms with E-state index < -0.39 is 0 Å². The summed E-state index contributed by atoms with van der Waals surface area (Å²) in [5.74, 6) is 0.705. The summed E-state index contributed by atoms with van der Waals surface area (Å²) < 4.78 is 18.1. The van der Waals surface area contributed by atoms with Crippen LogP contribution < -0.4 is 15.8 Å². The second-order valence-corrected chi connectivity index (χ2v) is 3.84. The molecule has 0 amide bonds. The molecule has 0 spiro atoms. The van der Waals surface area contributed by atoms with E-state index in [0.29, 0.717) is 22.9 Å². The minimum absolute atomic E-state index is 0.348. The molecule has 1 heterocycles. The van der Waals surface area contributed by atoms with E-state index in [1.807, 2.05) is 6.92 Å². The average molecular weight is 247 g/mol. The minimum atomic E-state index is -0.348. The number of nitrogens with zero attached hydrogens (tertiary/aromatic N) is 1. The summed E-state index contributed by atoms with van der Waals surface area (Å²) in [6.45, 7) is 1.82. The zero-order valence-electron chi connectivity index (χ0n) is 10.2. The van der Waals surface area contributed by atoms with Crippen molar-refractivity contribution in [2.24, 2.45) is 0 Å². The molecule has 4 nitrogen and oxygen atoms in total. The molecule has 2 rings (SSSR count). The van der Waals surface area contributed by atoms with E-state index in [1.54, 1.807) is 18.2 Å². The van der Waals surface area contributed by atoms with Crippen LogP contribution in [0.1, 0.15) is 5.69 Å². The van der Waals surface area contributed by atoms with E-state index in [9.17, 15) is 4.39 Å². The first kappa shape index (κ1) is 12.2. The van der Waals surface area contributed by atoms with E-state index in [1.165, 1.54) is 19.2 Å². The van der Waals surface area contributed by atoms with Gasteiger partial charge < -0.3 is 15.8 Å². The number of nitrogens with one attached hydrogen (secondary N) is 1. The zero-order chi connectivity index (χ0) is 13.1.